The number of pyridine rings is 1. The maximum Gasteiger partial charge on any atom is 0.133 e. The van der Waals surface area contributed by atoms with E-state index in [4.69, 9.17) is 16.8 Å². The van der Waals surface area contributed by atoms with Crippen LogP contribution in [0.25, 0.3) is 0 Å². The molecular weight excluding hydrogens is 166 g/mol. The van der Waals surface area contributed by atoms with E-state index in [-0.39, 0.29) is 0 Å². The van der Waals surface area contributed by atoms with Crippen LogP contribution in [0.5, 0.6) is 0 Å². The number of halogens is 1. The van der Waals surface area contributed by atoms with Crippen molar-refractivity contribution >= 4 is 23.8 Å². The minimum atomic E-state index is 0.537. The normalized spacial score (nSPS) is 10.3. The summed E-state index contributed by atoms with van der Waals surface area (Å²) in [6.07, 6.45) is 2.66. The molecule has 0 atom stereocenters. The van der Waals surface area contributed by atoms with E-state index < -0.39 is 0 Å². The molecule has 1 heterocycles. The molecule has 1 aromatic rings. The summed E-state index contributed by atoms with van der Waals surface area (Å²) in [5, 5.41) is 14.0. The molecule has 0 saturated heterocycles. The molecule has 2 N–H and O–H groups in total. The third kappa shape index (κ3) is 2.43. The number of anilines is 1. The molecule has 4 nitrogen and oxygen atoms in total. The first kappa shape index (κ1) is 7.81. The van der Waals surface area contributed by atoms with E-state index in [0.717, 1.165) is 6.34 Å². The van der Waals surface area contributed by atoms with Crippen LogP contribution in [-0.2, 0) is 0 Å². The molecule has 0 aliphatic rings. The highest BCUT2D eigenvalue weighted by Gasteiger charge is 1.90. The highest BCUT2D eigenvalue weighted by atomic mass is 35.5. The molecular formula is C6H6ClN3O. The van der Waals surface area contributed by atoms with Gasteiger partial charge >= 0.3 is 0 Å². The van der Waals surface area contributed by atoms with Gasteiger partial charge in [0.1, 0.15) is 12.2 Å². The zero-order valence-electron chi connectivity index (χ0n) is 5.53. The topological polar surface area (TPSA) is 57.5 Å². The van der Waals surface area contributed by atoms with Gasteiger partial charge in [0.05, 0.1) is 0 Å². The van der Waals surface area contributed by atoms with Crippen LogP contribution < -0.4 is 5.32 Å². The third-order valence-corrected chi connectivity index (χ3v) is 1.23. The number of nitrogens with one attached hydrogen (secondary N) is 1. The second-order valence-corrected chi connectivity index (χ2v) is 2.18. The zero-order chi connectivity index (χ0) is 8.10. The Morgan fingerprint density at radius 2 is 2.55 bits per heavy atom. The van der Waals surface area contributed by atoms with Crippen molar-refractivity contribution in [3.05, 3.63) is 23.4 Å². The standard InChI is InChI=1S/C6H6ClN3O/c7-5-1-2-8-6(3-5)9-4-10-11/h1-4,11H,(H,8,9,10). The first-order valence-electron chi connectivity index (χ1n) is 2.87. The van der Waals surface area contributed by atoms with Gasteiger partial charge in [-0.15, -0.1) is 0 Å². The van der Waals surface area contributed by atoms with Crippen molar-refractivity contribution in [2.45, 2.75) is 0 Å². The molecule has 1 aromatic heterocycles. The Balaban J connectivity index is 2.71. The van der Waals surface area contributed by atoms with Crippen molar-refractivity contribution in [1.29, 1.82) is 0 Å². The van der Waals surface area contributed by atoms with Gasteiger partial charge in [0, 0.05) is 11.2 Å². The number of rotatable bonds is 2. The second kappa shape index (κ2) is 3.78. The molecule has 0 amide bonds. The minimum absolute atomic E-state index is 0.537. The minimum Gasteiger partial charge on any atom is -0.410 e. The lowest BCUT2D eigenvalue weighted by Crippen LogP contribution is -1.96. The van der Waals surface area contributed by atoms with Crippen molar-refractivity contribution in [1.82, 2.24) is 4.98 Å². The smallest absolute Gasteiger partial charge is 0.133 e. The number of oxime groups is 1. The quantitative estimate of drug-likeness (QED) is 0.307. The zero-order valence-corrected chi connectivity index (χ0v) is 6.28. The fraction of sp³-hybridized carbons (Fsp3) is 0. The van der Waals surface area contributed by atoms with E-state index in [1.54, 1.807) is 18.3 Å². The predicted octanol–water partition coefficient (Wildman–Crippen LogP) is 1.56. The van der Waals surface area contributed by atoms with Crippen molar-refractivity contribution < 1.29 is 5.21 Å². The molecule has 5 heteroatoms. The fourth-order valence-electron chi connectivity index (χ4n) is 0.579. The SMILES string of the molecule is ON=CNc1cc(Cl)ccn1. The maximum atomic E-state index is 8.04. The molecule has 0 radical (unpaired) electrons. The fourth-order valence-corrected chi connectivity index (χ4v) is 0.738. The van der Waals surface area contributed by atoms with Gasteiger partial charge in [-0.05, 0) is 12.1 Å². The first-order valence-corrected chi connectivity index (χ1v) is 3.24. The monoisotopic (exact) mass is 171 g/mol. The Morgan fingerprint density at radius 3 is 3.18 bits per heavy atom. The number of aromatic nitrogens is 1. The van der Waals surface area contributed by atoms with Crippen LogP contribution >= 0.6 is 11.6 Å². The van der Waals surface area contributed by atoms with E-state index in [9.17, 15) is 0 Å². The van der Waals surface area contributed by atoms with Gasteiger partial charge < -0.3 is 10.5 Å². The van der Waals surface area contributed by atoms with Crippen LogP contribution in [0, 0.1) is 0 Å². The molecule has 0 aliphatic heterocycles. The number of hydrogen-bond donors (Lipinski definition) is 2. The van der Waals surface area contributed by atoms with Gasteiger partial charge in [0.2, 0.25) is 0 Å². The lowest BCUT2D eigenvalue weighted by atomic mass is 10.5. The summed E-state index contributed by atoms with van der Waals surface area (Å²) in [5.41, 5.74) is 0. The molecule has 0 fully saturated rings. The van der Waals surface area contributed by atoms with Gasteiger partial charge in [0.15, 0.2) is 0 Å². The van der Waals surface area contributed by atoms with Crippen LogP contribution in [0.1, 0.15) is 0 Å². The van der Waals surface area contributed by atoms with Crippen LogP contribution in [0.3, 0.4) is 0 Å². The summed E-state index contributed by atoms with van der Waals surface area (Å²) in [6.45, 7) is 0. The third-order valence-electron chi connectivity index (χ3n) is 0.992. The highest BCUT2D eigenvalue weighted by molar-refractivity contribution is 6.30. The Hall–Kier alpha value is -1.29. The highest BCUT2D eigenvalue weighted by Crippen LogP contribution is 2.10. The molecule has 0 saturated carbocycles. The largest absolute Gasteiger partial charge is 0.410 e. The van der Waals surface area contributed by atoms with Gasteiger partial charge in [-0.25, -0.2) is 4.98 Å². The summed E-state index contributed by atoms with van der Waals surface area (Å²) < 4.78 is 0. The van der Waals surface area contributed by atoms with Gasteiger partial charge in [-0.1, -0.05) is 16.8 Å². The Morgan fingerprint density at radius 1 is 1.73 bits per heavy atom. The summed E-state index contributed by atoms with van der Waals surface area (Å²) >= 11 is 5.64. The molecule has 11 heavy (non-hydrogen) atoms. The molecule has 0 spiro atoms. The Kier molecular flexibility index (Phi) is 2.68. The summed E-state index contributed by atoms with van der Waals surface area (Å²) in [4.78, 5) is 3.88. The molecule has 1 rings (SSSR count). The molecule has 58 valence electrons. The molecule has 0 aromatic carbocycles. The van der Waals surface area contributed by atoms with E-state index in [1.165, 1.54) is 0 Å². The Labute approximate surface area is 68.5 Å². The first-order chi connectivity index (χ1) is 5.33. The van der Waals surface area contributed by atoms with Crippen LogP contribution in [-0.4, -0.2) is 16.5 Å². The molecule has 0 aliphatic carbocycles. The summed E-state index contributed by atoms with van der Waals surface area (Å²) in [7, 11) is 0. The lowest BCUT2D eigenvalue weighted by molar-refractivity contribution is 0.321. The van der Waals surface area contributed by atoms with Gasteiger partial charge in [-0.3, -0.25) is 0 Å². The van der Waals surface area contributed by atoms with E-state index in [2.05, 4.69) is 15.5 Å². The Bertz CT molecular complexity index is 264. The van der Waals surface area contributed by atoms with Crippen molar-refractivity contribution in [3.8, 4) is 0 Å². The van der Waals surface area contributed by atoms with Crippen LogP contribution in [0.15, 0.2) is 23.5 Å². The van der Waals surface area contributed by atoms with Gasteiger partial charge in [-0.2, -0.15) is 0 Å². The number of hydrogen-bond acceptors (Lipinski definition) is 3. The van der Waals surface area contributed by atoms with E-state index in [1.807, 2.05) is 0 Å². The van der Waals surface area contributed by atoms with E-state index >= 15 is 0 Å². The predicted molar refractivity (Wildman–Crippen MR) is 43.1 cm³/mol. The van der Waals surface area contributed by atoms with Crippen LogP contribution in [0.4, 0.5) is 5.82 Å². The summed E-state index contributed by atoms with van der Waals surface area (Å²) in [5.74, 6) is 0.537. The average molecular weight is 172 g/mol. The van der Waals surface area contributed by atoms with E-state index in [0.29, 0.717) is 10.8 Å². The lowest BCUT2D eigenvalue weighted by Gasteiger charge is -1.96. The van der Waals surface area contributed by atoms with Crippen LogP contribution in [0.2, 0.25) is 5.02 Å². The van der Waals surface area contributed by atoms with Crippen molar-refractivity contribution in [3.63, 3.8) is 0 Å². The van der Waals surface area contributed by atoms with Gasteiger partial charge in [0.25, 0.3) is 0 Å². The van der Waals surface area contributed by atoms with Crippen molar-refractivity contribution in [2.75, 3.05) is 5.32 Å². The number of nitrogens with zero attached hydrogens (tertiary/aromatic N) is 2. The maximum absolute atomic E-state index is 8.04. The van der Waals surface area contributed by atoms with Crippen molar-refractivity contribution in [2.24, 2.45) is 5.16 Å². The molecule has 0 bridgehead atoms. The molecule has 0 unspecified atom stereocenters. The second-order valence-electron chi connectivity index (χ2n) is 1.75. The summed E-state index contributed by atoms with van der Waals surface area (Å²) in [6, 6.07) is 3.27. The average Bonchev–Trinajstić information content (AvgIpc) is 2.01.